The van der Waals surface area contributed by atoms with Gasteiger partial charge in [0, 0.05) is 6.42 Å². The van der Waals surface area contributed by atoms with E-state index in [1.807, 2.05) is 0 Å². The summed E-state index contributed by atoms with van der Waals surface area (Å²) in [5.41, 5.74) is -0.253. The van der Waals surface area contributed by atoms with Crippen molar-refractivity contribution in [2.45, 2.75) is 252 Å². The van der Waals surface area contributed by atoms with Gasteiger partial charge in [0.25, 0.3) is 0 Å². The molecule has 0 atom stereocenters. The van der Waals surface area contributed by atoms with Gasteiger partial charge >= 0.3 is 11.9 Å². The van der Waals surface area contributed by atoms with Crippen molar-refractivity contribution in [3.05, 3.63) is 0 Å². The first-order valence-corrected chi connectivity index (χ1v) is 22.4. The van der Waals surface area contributed by atoms with E-state index in [9.17, 15) is 9.59 Å². The van der Waals surface area contributed by atoms with Crippen molar-refractivity contribution in [2.75, 3.05) is 13.2 Å². The second-order valence-corrected chi connectivity index (χ2v) is 16.1. The van der Waals surface area contributed by atoms with Gasteiger partial charge < -0.3 is 9.47 Å². The molecule has 0 aromatic heterocycles. The molecule has 1 fully saturated rings. The van der Waals surface area contributed by atoms with Crippen LogP contribution in [0.15, 0.2) is 0 Å². The van der Waals surface area contributed by atoms with Crippen molar-refractivity contribution in [3.8, 4) is 0 Å². The van der Waals surface area contributed by atoms with Crippen LogP contribution in [0.1, 0.15) is 252 Å². The number of ether oxygens (including phenoxy) is 2. The average Bonchev–Trinajstić information content (AvgIpc) is 3.11. The highest BCUT2D eigenvalue weighted by Crippen LogP contribution is 2.45. The summed E-state index contributed by atoms with van der Waals surface area (Å²) in [7, 11) is 0. The molecule has 4 heteroatoms. The summed E-state index contributed by atoms with van der Waals surface area (Å²) in [4.78, 5) is 25.8. The van der Waals surface area contributed by atoms with E-state index in [1.54, 1.807) is 0 Å². The molecule has 0 bridgehead atoms. The van der Waals surface area contributed by atoms with Gasteiger partial charge in [0.05, 0.1) is 18.6 Å². The predicted molar refractivity (Wildman–Crippen MR) is 211 cm³/mol. The van der Waals surface area contributed by atoms with Crippen LogP contribution in [0.25, 0.3) is 0 Å². The van der Waals surface area contributed by atoms with Crippen molar-refractivity contribution < 1.29 is 19.1 Å². The zero-order valence-corrected chi connectivity index (χ0v) is 33.6. The molecule has 0 unspecified atom stereocenters. The Morgan fingerprint density at radius 1 is 0.469 bits per heavy atom. The highest BCUT2D eigenvalue weighted by molar-refractivity contribution is 5.77. The molecule has 1 aliphatic carbocycles. The lowest BCUT2D eigenvalue weighted by molar-refractivity contribution is -0.159. The molecule has 0 aromatic rings. The molecule has 0 radical (unpaired) electrons. The lowest BCUT2D eigenvalue weighted by Crippen LogP contribution is -2.37. The van der Waals surface area contributed by atoms with Gasteiger partial charge in [-0.15, -0.1) is 0 Å². The van der Waals surface area contributed by atoms with Crippen molar-refractivity contribution in [1.29, 1.82) is 0 Å². The number of carbonyl (C=O) groups is 2. The van der Waals surface area contributed by atoms with E-state index in [0.717, 1.165) is 70.1 Å². The van der Waals surface area contributed by atoms with Crippen LogP contribution in [0.5, 0.6) is 0 Å². The average molecular weight is 691 g/mol. The van der Waals surface area contributed by atoms with E-state index in [2.05, 4.69) is 20.8 Å². The summed E-state index contributed by atoms with van der Waals surface area (Å²) >= 11 is 0. The van der Waals surface area contributed by atoms with Gasteiger partial charge in [0.2, 0.25) is 0 Å². The van der Waals surface area contributed by atoms with E-state index >= 15 is 0 Å². The molecular weight excluding hydrogens is 604 g/mol. The molecule has 290 valence electrons. The topological polar surface area (TPSA) is 52.6 Å². The summed E-state index contributed by atoms with van der Waals surface area (Å²) in [5.74, 6) is 0.883. The first-order valence-electron chi connectivity index (χ1n) is 22.4. The van der Waals surface area contributed by atoms with Crippen LogP contribution in [0, 0.1) is 11.3 Å². The molecule has 0 amide bonds. The van der Waals surface area contributed by atoms with Gasteiger partial charge in [-0.25, -0.2) is 0 Å². The van der Waals surface area contributed by atoms with Crippen molar-refractivity contribution in [3.63, 3.8) is 0 Å². The maximum atomic E-state index is 13.6. The second kappa shape index (κ2) is 34.0. The number of rotatable bonds is 36. The summed E-state index contributed by atoms with van der Waals surface area (Å²) in [6.45, 7) is 8.02. The van der Waals surface area contributed by atoms with Crippen LogP contribution >= 0.6 is 0 Å². The molecule has 0 saturated heterocycles. The van der Waals surface area contributed by atoms with Gasteiger partial charge in [-0.2, -0.15) is 0 Å². The molecule has 0 N–H and O–H groups in total. The van der Waals surface area contributed by atoms with Crippen LogP contribution in [0.3, 0.4) is 0 Å². The maximum absolute atomic E-state index is 13.6. The molecule has 49 heavy (non-hydrogen) atoms. The molecule has 1 aliphatic rings. The Kier molecular flexibility index (Phi) is 31.9. The third-order valence-electron chi connectivity index (χ3n) is 11.5. The van der Waals surface area contributed by atoms with E-state index in [4.69, 9.17) is 9.47 Å². The number of hydrogen-bond donors (Lipinski definition) is 0. The SMILES string of the molecule is CCCCCCCCCCCCOC(=O)CCCCCCCC1(C(=O)OCCCCCCCCCCCC)CCC(CCCCCC)CC1. The molecule has 4 nitrogen and oxygen atoms in total. The highest BCUT2D eigenvalue weighted by Gasteiger charge is 2.42. The first-order chi connectivity index (χ1) is 24.1. The number of esters is 2. The fourth-order valence-electron chi connectivity index (χ4n) is 7.95. The smallest absolute Gasteiger partial charge is 0.312 e. The molecule has 0 spiro atoms. The molecule has 0 aliphatic heterocycles. The zero-order chi connectivity index (χ0) is 35.5. The number of hydrogen-bond acceptors (Lipinski definition) is 4. The van der Waals surface area contributed by atoms with Crippen LogP contribution in [-0.2, 0) is 19.1 Å². The Bertz CT molecular complexity index is 726. The van der Waals surface area contributed by atoms with Crippen molar-refractivity contribution >= 4 is 11.9 Å². The largest absolute Gasteiger partial charge is 0.466 e. The number of carbonyl (C=O) groups excluding carboxylic acids is 2. The van der Waals surface area contributed by atoms with Gasteiger partial charge in [-0.05, 0) is 57.3 Å². The van der Waals surface area contributed by atoms with Gasteiger partial charge in [-0.1, -0.05) is 194 Å². The molecule has 0 heterocycles. The molecule has 1 rings (SSSR count). The van der Waals surface area contributed by atoms with Crippen LogP contribution in [-0.4, -0.2) is 25.2 Å². The van der Waals surface area contributed by atoms with E-state index in [-0.39, 0.29) is 17.4 Å². The van der Waals surface area contributed by atoms with Crippen LogP contribution in [0.4, 0.5) is 0 Å². The van der Waals surface area contributed by atoms with E-state index in [0.29, 0.717) is 19.6 Å². The summed E-state index contributed by atoms with van der Waals surface area (Å²) in [5, 5.41) is 0. The maximum Gasteiger partial charge on any atom is 0.312 e. The minimum absolute atomic E-state index is 0.0218. The summed E-state index contributed by atoms with van der Waals surface area (Å²) in [6.07, 6.45) is 44.0. The minimum Gasteiger partial charge on any atom is -0.466 e. The normalized spacial score (nSPS) is 17.7. The first kappa shape index (κ1) is 46.0. The highest BCUT2D eigenvalue weighted by atomic mass is 16.5. The molecular formula is C45H86O4. The zero-order valence-electron chi connectivity index (χ0n) is 33.6. The predicted octanol–water partition coefficient (Wildman–Crippen LogP) is 14.8. The lowest BCUT2D eigenvalue weighted by atomic mass is 9.67. The fraction of sp³-hybridized carbons (Fsp3) is 0.956. The quantitative estimate of drug-likeness (QED) is 0.0485. The summed E-state index contributed by atoms with van der Waals surface area (Å²) < 4.78 is 11.5. The van der Waals surface area contributed by atoms with Crippen molar-refractivity contribution in [2.24, 2.45) is 11.3 Å². The standard InChI is InChI=1S/C45H86O4/c1-4-7-10-13-15-17-19-21-26-31-40-48-43(46)34-29-24-23-25-30-37-45(38-35-42(36-39-45)33-28-12-9-6-3)44(47)49-41-32-27-22-20-18-16-14-11-8-5-2/h42H,4-41H2,1-3H3. The van der Waals surface area contributed by atoms with Crippen LogP contribution in [0.2, 0.25) is 0 Å². The van der Waals surface area contributed by atoms with E-state index < -0.39 is 0 Å². The van der Waals surface area contributed by atoms with Gasteiger partial charge in [0.1, 0.15) is 0 Å². The Hall–Kier alpha value is -1.06. The third kappa shape index (κ3) is 26.4. The van der Waals surface area contributed by atoms with Gasteiger partial charge in [-0.3, -0.25) is 9.59 Å². The van der Waals surface area contributed by atoms with Gasteiger partial charge in [0.15, 0.2) is 0 Å². The Labute approximate surface area is 306 Å². The van der Waals surface area contributed by atoms with Crippen LogP contribution < -0.4 is 0 Å². The second-order valence-electron chi connectivity index (χ2n) is 16.1. The Morgan fingerprint density at radius 3 is 1.35 bits per heavy atom. The van der Waals surface area contributed by atoms with E-state index in [1.165, 1.54) is 161 Å². The Balaban J connectivity index is 2.23. The fourth-order valence-corrected chi connectivity index (χ4v) is 7.95. The monoisotopic (exact) mass is 691 g/mol. The Morgan fingerprint density at radius 2 is 0.857 bits per heavy atom. The molecule has 0 aromatic carbocycles. The lowest BCUT2D eigenvalue weighted by Gasteiger charge is -2.38. The number of unbranched alkanes of at least 4 members (excludes halogenated alkanes) is 25. The summed E-state index contributed by atoms with van der Waals surface area (Å²) in [6, 6.07) is 0. The van der Waals surface area contributed by atoms with Crippen molar-refractivity contribution in [1.82, 2.24) is 0 Å². The third-order valence-corrected chi connectivity index (χ3v) is 11.5. The molecule has 1 saturated carbocycles. The minimum atomic E-state index is -0.253.